The third kappa shape index (κ3) is 2.80. The molecule has 0 radical (unpaired) electrons. The fraction of sp³-hybridized carbons (Fsp3) is 0.636. The highest BCUT2D eigenvalue weighted by Gasteiger charge is 2.20. The van der Waals surface area contributed by atoms with Crippen molar-refractivity contribution in [1.29, 1.82) is 0 Å². The summed E-state index contributed by atoms with van der Waals surface area (Å²) in [7, 11) is 0. The van der Waals surface area contributed by atoms with E-state index < -0.39 is 0 Å². The van der Waals surface area contributed by atoms with Crippen LogP contribution in [0.1, 0.15) is 30.2 Å². The molecule has 2 rings (SSSR count). The fourth-order valence-corrected chi connectivity index (χ4v) is 2.47. The number of hydrogen-bond donors (Lipinski definition) is 2. The van der Waals surface area contributed by atoms with Crippen molar-refractivity contribution in [2.45, 2.75) is 25.3 Å². The highest BCUT2D eigenvalue weighted by Crippen LogP contribution is 2.32. The second kappa shape index (κ2) is 4.91. The lowest BCUT2D eigenvalue weighted by Gasteiger charge is -2.14. The third-order valence-corrected chi connectivity index (χ3v) is 3.75. The smallest absolute Gasteiger partial charge is 0.0539 e. The summed E-state index contributed by atoms with van der Waals surface area (Å²) in [6.45, 7) is 1.82. The summed E-state index contributed by atoms with van der Waals surface area (Å²) in [6, 6.07) is 4.62. The van der Waals surface area contributed by atoms with Crippen molar-refractivity contribution in [2.75, 3.05) is 13.1 Å². The van der Waals surface area contributed by atoms with Crippen molar-refractivity contribution in [3.63, 3.8) is 0 Å². The molecule has 1 atom stereocenters. The molecule has 1 aliphatic carbocycles. The summed E-state index contributed by atoms with van der Waals surface area (Å²) >= 11 is 1.79. The molecule has 1 aliphatic rings. The molecule has 0 saturated heterocycles. The van der Waals surface area contributed by atoms with Gasteiger partial charge in [-0.2, -0.15) is 0 Å². The topological polar surface area (TPSA) is 38.0 Å². The van der Waals surface area contributed by atoms with Gasteiger partial charge in [0.25, 0.3) is 0 Å². The Morgan fingerprint density at radius 2 is 2.43 bits per heavy atom. The van der Waals surface area contributed by atoms with Crippen LogP contribution in [0, 0.1) is 5.92 Å². The van der Waals surface area contributed by atoms with E-state index in [0.29, 0.717) is 12.6 Å². The third-order valence-electron chi connectivity index (χ3n) is 2.76. The molecule has 2 nitrogen and oxygen atoms in total. The lowest BCUT2D eigenvalue weighted by molar-refractivity contribution is 0.522. The Hall–Kier alpha value is -0.380. The first kappa shape index (κ1) is 10.1. The summed E-state index contributed by atoms with van der Waals surface area (Å²) in [5.74, 6) is 1.00. The van der Waals surface area contributed by atoms with Crippen LogP contribution in [0.5, 0.6) is 0 Å². The van der Waals surface area contributed by atoms with Crippen molar-refractivity contribution in [3.8, 4) is 0 Å². The maximum absolute atomic E-state index is 5.74. The Labute approximate surface area is 89.5 Å². The van der Waals surface area contributed by atoms with Gasteiger partial charge < -0.3 is 11.1 Å². The highest BCUT2D eigenvalue weighted by molar-refractivity contribution is 7.10. The molecule has 1 fully saturated rings. The Morgan fingerprint density at radius 1 is 1.57 bits per heavy atom. The minimum Gasteiger partial charge on any atom is -0.329 e. The van der Waals surface area contributed by atoms with Crippen LogP contribution in [-0.2, 0) is 0 Å². The summed E-state index contributed by atoms with van der Waals surface area (Å²) in [4.78, 5) is 1.36. The van der Waals surface area contributed by atoms with Gasteiger partial charge in [0, 0.05) is 11.4 Å². The molecule has 0 bridgehead atoms. The molecule has 1 aromatic heterocycles. The highest BCUT2D eigenvalue weighted by atomic mass is 32.1. The predicted octanol–water partition coefficient (Wildman–Crippen LogP) is 2.14. The average Bonchev–Trinajstić information content (AvgIpc) is 2.86. The van der Waals surface area contributed by atoms with Crippen molar-refractivity contribution in [1.82, 2.24) is 5.32 Å². The van der Waals surface area contributed by atoms with E-state index in [1.165, 1.54) is 24.1 Å². The number of nitrogens with two attached hydrogens (primary N) is 1. The first-order valence-electron chi connectivity index (χ1n) is 5.37. The number of thiophene rings is 1. The van der Waals surface area contributed by atoms with Gasteiger partial charge in [-0.3, -0.25) is 0 Å². The van der Waals surface area contributed by atoms with Gasteiger partial charge in [0.1, 0.15) is 0 Å². The summed E-state index contributed by atoms with van der Waals surface area (Å²) < 4.78 is 0. The van der Waals surface area contributed by atoms with Gasteiger partial charge in [-0.15, -0.1) is 11.3 Å². The second-order valence-corrected chi connectivity index (χ2v) is 4.97. The minimum absolute atomic E-state index is 0.369. The van der Waals surface area contributed by atoms with Gasteiger partial charge in [-0.25, -0.2) is 0 Å². The van der Waals surface area contributed by atoms with Crippen molar-refractivity contribution >= 4 is 11.3 Å². The Bertz CT molecular complexity index is 254. The molecule has 0 spiro atoms. The molecule has 1 saturated carbocycles. The van der Waals surface area contributed by atoms with Crippen molar-refractivity contribution < 1.29 is 0 Å². The van der Waals surface area contributed by atoms with Gasteiger partial charge >= 0.3 is 0 Å². The minimum atomic E-state index is 0.369. The largest absolute Gasteiger partial charge is 0.329 e. The molecule has 3 heteroatoms. The van der Waals surface area contributed by atoms with Gasteiger partial charge in [0.05, 0.1) is 6.04 Å². The van der Waals surface area contributed by atoms with Crippen LogP contribution in [0.4, 0.5) is 0 Å². The van der Waals surface area contributed by atoms with E-state index in [1.807, 2.05) is 0 Å². The Kier molecular flexibility index (Phi) is 3.56. The lowest BCUT2D eigenvalue weighted by atomic mass is 10.2. The summed E-state index contributed by atoms with van der Waals surface area (Å²) in [6.07, 6.45) is 4.20. The number of nitrogens with one attached hydrogen (secondary N) is 1. The molecular formula is C11H18N2S. The zero-order valence-electron chi connectivity index (χ0n) is 8.41. The van der Waals surface area contributed by atoms with Crippen LogP contribution in [-0.4, -0.2) is 13.1 Å². The van der Waals surface area contributed by atoms with Crippen LogP contribution in [0.15, 0.2) is 17.5 Å². The van der Waals surface area contributed by atoms with Gasteiger partial charge in [0.15, 0.2) is 0 Å². The molecule has 0 aromatic carbocycles. The molecule has 78 valence electrons. The SMILES string of the molecule is NCC(NCCC1CC1)c1cccs1. The quantitative estimate of drug-likeness (QED) is 0.755. The number of hydrogen-bond acceptors (Lipinski definition) is 3. The van der Waals surface area contributed by atoms with E-state index in [2.05, 4.69) is 22.8 Å². The van der Waals surface area contributed by atoms with E-state index >= 15 is 0 Å². The zero-order valence-corrected chi connectivity index (χ0v) is 9.22. The molecule has 0 amide bonds. The van der Waals surface area contributed by atoms with E-state index in [9.17, 15) is 0 Å². The first-order chi connectivity index (χ1) is 6.90. The molecular weight excluding hydrogens is 192 g/mol. The zero-order chi connectivity index (χ0) is 9.80. The number of rotatable bonds is 6. The average molecular weight is 210 g/mol. The van der Waals surface area contributed by atoms with Crippen LogP contribution in [0.2, 0.25) is 0 Å². The second-order valence-electron chi connectivity index (χ2n) is 3.99. The van der Waals surface area contributed by atoms with Crippen LogP contribution in [0.3, 0.4) is 0 Å². The van der Waals surface area contributed by atoms with Gasteiger partial charge in [-0.1, -0.05) is 18.9 Å². The molecule has 1 unspecified atom stereocenters. The molecule has 1 aromatic rings. The predicted molar refractivity (Wildman–Crippen MR) is 61.5 cm³/mol. The standard InChI is InChI=1S/C11H18N2S/c12-8-10(11-2-1-7-14-11)13-6-5-9-3-4-9/h1-2,7,9-10,13H,3-6,8,12H2. The Balaban J connectivity index is 1.74. The summed E-state index contributed by atoms with van der Waals surface area (Å²) in [5.41, 5.74) is 5.74. The Morgan fingerprint density at radius 3 is 3.00 bits per heavy atom. The van der Waals surface area contributed by atoms with E-state index in [4.69, 9.17) is 5.73 Å². The van der Waals surface area contributed by atoms with Crippen LogP contribution >= 0.6 is 11.3 Å². The van der Waals surface area contributed by atoms with E-state index in [1.54, 1.807) is 11.3 Å². The maximum Gasteiger partial charge on any atom is 0.0539 e. The van der Waals surface area contributed by atoms with Crippen molar-refractivity contribution in [2.24, 2.45) is 11.7 Å². The van der Waals surface area contributed by atoms with Crippen LogP contribution in [0.25, 0.3) is 0 Å². The monoisotopic (exact) mass is 210 g/mol. The lowest BCUT2D eigenvalue weighted by Crippen LogP contribution is -2.28. The molecule has 1 heterocycles. The van der Waals surface area contributed by atoms with Crippen molar-refractivity contribution in [3.05, 3.63) is 22.4 Å². The maximum atomic E-state index is 5.74. The fourth-order valence-electron chi connectivity index (χ4n) is 1.66. The molecule has 14 heavy (non-hydrogen) atoms. The first-order valence-corrected chi connectivity index (χ1v) is 6.25. The van der Waals surface area contributed by atoms with Gasteiger partial charge in [0.2, 0.25) is 0 Å². The van der Waals surface area contributed by atoms with E-state index in [0.717, 1.165) is 12.5 Å². The van der Waals surface area contributed by atoms with Crippen LogP contribution < -0.4 is 11.1 Å². The summed E-state index contributed by atoms with van der Waals surface area (Å²) in [5, 5.41) is 5.64. The van der Waals surface area contributed by atoms with E-state index in [-0.39, 0.29) is 0 Å². The molecule has 0 aliphatic heterocycles. The normalized spacial score (nSPS) is 18.4. The van der Waals surface area contributed by atoms with Gasteiger partial charge in [-0.05, 0) is 30.3 Å². The molecule has 3 N–H and O–H groups in total.